The number of carbonyl (C=O) groups is 1. The van der Waals surface area contributed by atoms with Gasteiger partial charge in [-0.05, 0) is 80.1 Å². The molecule has 11 heteroatoms. The van der Waals surface area contributed by atoms with Gasteiger partial charge in [0.25, 0.3) is 26.0 Å². The Kier molecular flexibility index (Phi) is 7.77. The number of hydrogen-bond acceptors (Lipinski definition) is 5. The van der Waals surface area contributed by atoms with E-state index in [0.717, 1.165) is 5.56 Å². The predicted octanol–water partition coefficient (Wildman–Crippen LogP) is 5.81. The first-order valence-corrected chi connectivity index (χ1v) is 14.7. The predicted molar refractivity (Wildman–Crippen MR) is 150 cm³/mol. The second-order valence-corrected chi connectivity index (χ2v) is 12.3. The van der Waals surface area contributed by atoms with E-state index in [1.165, 1.54) is 54.6 Å². The van der Waals surface area contributed by atoms with Crippen LogP contribution < -0.4 is 14.8 Å². The van der Waals surface area contributed by atoms with Crippen LogP contribution in [-0.4, -0.2) is 22.7 Å². The lowest BCUT2D eigenvalue weighted by Gasteiger charge is -2.14. The molecule has 4 aromatic carbocycles. The van der Waals surface area contributed by atoms with Gasteiger partial charge in [0, 0.05) is 10.7 Å². The molecule has 0 aromatic heterocycles. The molecule has 0 aliphatic rings. The standard InChI is InChI=1S/C27H24ClN3O5S2/c1-18-7-13-22(14-8-18)37(33,34)30-25-6-4-3-5-24(25)27(32)29-21-11-15-23(16-12-21)38(35,36)31-26-17-20(28)10-9-19(26)2/h3-17,30-31H,1-2H3,(H,29,32). The Balaban J connectivity index is 1.50. The second kappa shape index (κ2) is 10.9. The number of benzene rings is 4. The Bertz CT molecular complexity index is 1700. The van der Waals surface area contributed by atoms with Gasteiger partial charge in [0.15, 0.2) is 0 Å². The number of sulfonamides is 2. The van der Waals surface area contributed by atoms with Crippen molar-refractivity contribution in [1.82, 2.24) is 0 Å². The molecule has 0 aliphatic heterocycles. The van der Waals surface area contributed by atoms with Gasteiger partial charge in [-0.15, -0.1) is 0 Å². The molecule has 0 aliphatic carbocycles. The maximum Gasteiger partial charge on any atom is 0.261 e. The molecular formula is C27H24ClN3O5S2. The fourth-order valence-corrected chi connectivity index (χ4v) is 5.89. The summed E-state index contributed by atoms with van der Waals surface area (Å²) in [6.45, 7) is 3.60. The number of para-hydroxylation sites is 1. The quantitative estimate of drug-likeness (QED) is 0.247. The van der Waals surface area contributed by atoms with Crippen LogP contribution in [0.25, 0.3) is 0 Å². The third-order valence-electron chi connectivity index (χ3n) is 5.61. The first-order chi connectivity index (χ1) is 17.9. The summed E-state index contributed by atoms with van der Waals surface area (Å²) in [4.78, 5) is 13.1. The number of aryl methyl sites for hydroxylation is 2. The van der Waals surface area contributed by atoms with Crippen LogP contribution in [-0.2, 0) is 20.0 Å². The molecule has 0 bridgehead atoms. The third kappa shape index (κ3) is 6.34. The topological polar surface area (TPSA) is 121 Å². The van der Waals surface area contributed by atoms with Crippen LogP contribution in [0.5, 0.6) is 0 Å². The van der Waals surface area contributed by atoms with E-state index >= 15 is 0 Å². The van der Waals surface area contributed by atoms with E-state index in [4.69, 9.17) is 11.6 Å². The lowest BCUT2D eigenvalue weighted by atomic mass is 10.1. The van der Waals surface area contributed by atoms with Gasteiger partial charge in [0.2, 0.25) is 0 Å². The van der Waals surface area contributed by atoms with Gasteiger partial charge in [-0.25, -0.2) is 16.8 Å². The van der Waals surface area contributed by atoms with Gasteiger partial charge >= 0.3 is 0 Å². The molecule has 1 amide bonds. The minimum Gasteiger partial charge on any atom is -0.322 e. The van der Waals surface area contributed by atoms with E-state index in [2.05, 4.69) is 14.8 Å². The Morgan fingerprint density at radius 3 is 1.87 bits per heavy atom. The summed E-state index contributed by atoms with van der Waals surface area (Å²) in [6.07, 6.45) is 0. The number of amides is 1. The van der Waals surface area contributed by atoms with Crippen molar-refractivity contribution in [3.8, 4) is 0 Å². The first kappa shape index (κ1) is 27.2. The zero-order valence-corrected chi connectivity index (χ0v) is 22.8. The molecule has 0 spiro atoms. The van der Waals surface area contributed by atoms with Crippen LogP contribution in [0, 0.1) is 13.8 Å². The maximum atomic E-state index is 13.0. The molecule has 0 saturated carbocycles. The molecule has 38 heavy (non-hydrogen) atoms. The lowest BCUT2D eigenvalue weighted by Crippen LogP contribution is -2.18. The number of carbonyl (C=O) groups excluding carboxylic acids is 1. The van der Waals surface area contributed by atoms with E-state index in [9.17, 15) is 21.6 Å². The van der Waals surface area contributed by atoms with Crippen molar-refractivity contribution in [1.29, 1.82) is 0 Å². The van der Waals surface area contributed by atoms with E-state index in [0.29, 0.717) is 22.0 Å². The maximum absolute atomic E-state index is 13.0. The molecule has 4 aromatic rings. The molecular weight excluding hydrogens is 546 g/mol. The molecule has 0 atom stereocenters. The summed E-state index contributed by atoms with van der Waals surface area (Å²) in [6, 6.07) is 23.0. The number of hydrogen-bond donors (Lipinski definition) is 3. The summed E-state index contributed by atoms with van der Waals surface area (Å²) in [5.41, 5.74) is 2.50. The molecule has 4 rings (SSSR count). The van der Waals surface area contributed by atoms with Crippen molar-refractivity contribution < 1.29 is 21.6 Å². The Labute approximate surface area is 226 Å². The summed E-state index contributed by atoms with van der Waals surface area (Å²) in [5, 5.41) is 3.07. The minimum atomic E-state index is -3.92. The SMILES string of the molecule is Cc1ccc(S(=O)(=O)Nc2ccccc2C(=O)Nc2ccc(S(=O)(=O)Nc3cc(Cl)ccc3C)cc2)cc1. The number of anilines is 3. The highest BCUT2D eigenvalue weighted by atomic mass is 35.5. The molecule has 3 N–H and O–H groups in total. The van der Waals surface area contributed by atoms with E-state index in [1.54, 1.807) is 43.3 Å². The second-order valence-electron chi connectivity index (χ2n) is 8.51. The van der Waals surface area contributed by atoms with Crippen molar-refractivity contribution in [2.24, 2.45) is 0 Å². The average Bonchev–Trinajstić information content (AvgIpc) is 2.87. The van der Waals surface area contributed by atoms with Crippen molar-refractivity contribution >= 4 is 54.6 Å². The van der Waals surface area contributed by atoms with Crippen molar-refractivity contribution in [2.45, 2.75) is 23.6 Å². The average molecular weight is 570 g/mol. The number of rotatable bonds is 8. The van der Waals surface area contributed by atoms with Gasteiger partial charge in [-0.2, -0.15) is 0 Å². The number of halogens is 1. The zero-order chi connectivity index (χ0) is 27.5. The molecule has 0 saturated heterocycles. The summed E-state index contributed by atoms with van der Waals surface area (Å²) in [7, 11) is -7.83. The lowest BCUT2D eigenvalue weighted by molar-refractivity contribution is 0.102. The monoisotopic (exact) mass is 569 g/mol. The summed E-state index contributed by atoms with van der Waals surface area (Å²) < 4.78 is 56.3. The molecule has 0 heterocycles. The fraction of sp³-hybridized carbons (Fsp3) is 0.0741. The number of nitrogens with one attached hydrogen (secondary N) is 3. The van der Waals surface area contributed by atoms with Crippen LogP contribution in [0.1, 0.15) is 21.5 Å². The van der Waals surface area contributed by atoms with Crippen LogP contribution in [0.15, 0.2) is 101 Å². The normalized spacial score (nSPS) is 11.6. The Morgan fingerprint density at radius 1 is 0.684 bits per heavy atom. The first-order valence-electron chi connectivity index (χ1n) is 11.3. The Morgan fingerprint density at radius 2 is 1.24 bits per heavy atom. The van der Waals surface area contributed by atoms with Gasteiger partial charge in [-0.3, -0.25) is 14.2 Å². The highest BCUT2D eigenvalue weighted by Gasteiger charge is 2.20. The Hall–Kier alpha value is -3.86. The molecule has 0 unspecified atom stereocenters. The smallest absolute Gasteiger partial charge is 0.261 e. The third-order valence-corrected chi connectivity index (χ3v) is 8.61. The molecule has 0 radical (unpaired) electrons. The van der Waals surface area contributed by atoms with E-state index < -0.39 is 26.0 Å². The molecule has 0 fully saturated rings. The van der Waals surface area contributed by atoms with Crippen molar-refractivity contribution in [2.75, 3.05) is 14.8 Å². The van der Waals surface area contributed by atoms with Gasteiger partial charge < -0.3 is 5.32 Å². The largest absolute Gasteiger partial charge is 0.322 e. The van der Waals surface area contributed by atoms with Crippen molar-refractivity contribution in [3.63, 3.8) is 0 Å². The summed E-state index contributed by atoms with van der Waals surface area (Å²) >= 11 is 5.98. The fourth-order valence-electron chi connectivity index (χ4n) is 3.51. The van der Waals surface area contributed by atoms with E-state index in [-0.39, 0.29) is 21.0 Å². The summed E-state index contributed by atoms with van der Waals surface area (Å²) in [5.74, 6) is -0.574. The van der Waals surface area contributed by atoms with Crippen LogP contribution in [0.4, 0.5) is 17.1 Å². The van der Waals surface area contributed by atoms with Crippen molar-refractivity contribution in [3.05, 3.63) is 113 Å². The van der Waals surface area contributed by atoms with Gasteiger partial charge in [0.05, 0.1) is 26.7 Å². The van der Waals surface area contributed by atoms with Crippen LogP contribution in [0.2, 0.25) is 5.02 Å². The van der Waals surface area contributed by atoms with Crippen LogP contribution >= 0.6 is 11.6 Å². The minimum absolute atomic E-state index is 0.0128. The highest BCUT2D eigenvalue weighted by Crippen LogP contribution is 2.25. The van der Waals surface area contributed by atoms with Crippen LogP contribution in [0.3, 0.4) is 0 Å². The molecule has 8 nitrogen and oxygen atoms in total. The van der Waals surface area contributed by atoms with Gasteiger partial charge in [0.1, 0.15) is 0 Å². The van der Waals surface area contributed by atoms with Gasteiger partial charge in [-0.1, -0.05) is 47.5 Å². The van der Waals surface area contributed by atoms with E-state index in [1.807, 2.05) is 6.92 Å². The zero-order valence-electron chi connectivity index (χ0n) is 20.4. The highest BCUT2D eigenvalue weighted by molar-refractivity contribution is 7.93. The molecule has 196 valence electrons.